The Morgan fingerprint density at radius 3 is 2.32 bits per heavy atom. The third-order valence-electron chi connectivity index (χ3n) is 3.26. The van der Waals surface area contributed by atoms with Crippen LogP contribution in [0.5, 0.6) is 5.75 Å². The maximum absolute atomic E-state index is 12.1. The zero-order valence-electron chi connectivity index (χ0n) is 12.9. The molecule has 0 radical (unpaired) electrons. The number of hydrazone groups is 1. The summed E-state index contributed by atoms with van der Waals surface area (Å²) in [7, 11) is 3.88. The van der Waals surface area contributed by atoms with E-state index in [4.69, 9.17) is 0 Å². The normalized spacial score (nSPS) is 11.1. The van der Waals surface area contributed by atoms with Crippen LogP contribution in [-0.2, 0) is 0 Å². The molecule has 2 rings (SSSR count). The minimum absolute atomic E-state index is 0.133. The number of aromatic hydroxyl groups is 1. The third-order valence-corrected chi connectivity index (χ3v) is 3.26. The zero-order chi connectivity index (χ0) is 16.1. The molecule has 0 bridgehead atoms. The third kappa shape index (κ3) is 3.63. The Morgan fingerprint density at radius 1 is 1.09 bits per heavy atom. The molecule has 2 aromatic rings. The summed E-state index contributed by atoms with van der Waals surface area (Å²) in [5.74, 6) is -0.159. The molecule has 0 aromatic heterocycles. The molecule has 0 aliphatic heterocycles. The average Bonchev–Trinajstić information content (AvgIpc) is 2.52. The minimum Gasteiger partial charge on any atom is -0.507 e. The van der Waals surface area contributed by atoms with Crippen molar-refractivity contribution in [1.82, 2.24) is 5.43 Å². The van der Waals surface area contributed by atoms with Gasteiger partial charge in [0.2, 0.25) is 0 Å². The van der Waals surface area contributed by atoms with E-state index in [0.717, 1.165) is 5.69 Å². The van der Waals surface area contributed by atoms with Gasteiger partial charge in [0.25, 0.3) is 5.91 Å². The van der Waals surface area contributed by atoms with Crippen LogP contribution in [0.4, 0.5) is 5.69 Å². The van der Waals surface area contributed by atoms with Crippen LogP contribution < -0.4 is 10.3 Å². The summed E-state index contributed by atoms with van der Waals surface area (Å²) in [6.45, 7) is 1.73. The first kappa shape index (κ1) is 15.6. The summed E-state index contributed by atoms with van der Waals surface area (Å²) in [6, 6.07) is 14.1. The van der Waals surface area contributed by atoms with Crippen LogP contribution in [0, 0.1) is 0 Å². The number of nitrogens with one attached hydrogen (secondary N) is 1. The number of amides is 1. The molecule has 0 unspecified atom stereocenters. The van der Waals surface area contributed by atoms with Crippen molar-refractivity contribution in [3.63, 3.8) is 0 Å². The first-order valence-corrected chi connectivity index (χ1v) is 6.89. The lowest BCUT2D eigenvalue weighted by atomic mass is 10.1. The van der Waals surface area contributed by atoms with E-state index in [1.165, 1.54) is 0 Å². The SMILES string of the molecule is CC(=NNC(=O)c1ccc(N(C)C)cc1)c1ccccc1O. The van der Waals surface area contributed by atoms with Gasteiger partial charge in [-0.15, -0.1) is 0 Å². The van der Waals surface area contributed by atoms with Gasteiger partial charge in [0.15, 0.2) is 0 Å². The molecule has 2 aromatic carbocycles. The number of phenolic OH excluding ortho intramolecular Hbond substituents is 1. The summed E-state index contributed by atoms with van der Waals surface area (Å²) >= 11 is 0. The highest BCUT2D eigenvalue weighted by Gasteiger charge is 2.07. The lowest BCUT2D eigenvalue weighted by molar-refractivity contribution is 0.0955. The predicted octanol–water partition coefficient (Wildman–Crippen LogP) is 2.61. The predicted molar refractivity (Wildman–Crippen MR) is 88.6 cm³/mol. The maximum Gasteiger partial charge on any atom is 0.271 e. The van der Waals surface area contributed by atoms with Gasteiger partial charge in [-0.2, -0.15) is 5.10 Å². The van der Waals surface area contributed by atoms with Gasteiger partial charge in [-0.05, 0) is 43.3 Å². The average molecular weight is 297 g/mol. The lowest BCUT2D eigenvalue weighted by Crippen LogP contribution is -2.19. The Bertz CT molecular complexity index is 691. The quantitative estimate of drug-likeness (QED) is 0.673. The second-order valence-electron chi connectivity index (χ2n) is 5.10. The van der Waals surface area contributed by atoms with Crippen LogP contribution in [0.15, 0.2) is 53.6 Å². The minimum atomic E-state index is -0.292. The van der Waals surface area contributed by atoms with Crippen molar-refractivity contribution in [1.29, 1.82) is 0 Å². The molecule has 0 atom stereocenters. The van der Waals surface area contributed by atoms with Crippen LogP contribution in [0.3, 0.4) is 0 Å². The number of anilines is 1. The van der Waals surface area contributed by atoms with E-state index >= 15 is 0 Å². The van der Waals surface area contributed by atoms with Crippen molar-refractivity contribution >= 4 is 17.3 Å². The fraction of sp³-hybridized carbons (Fsp3) is 0.176. The zero-order valence-corrected chi connectivity index (χ0v) is 12.9. The highest BCUT2D eigenvalue weighted by Crippen LogP contribution is 2.16. The van der Waals surface area contributed by atoms with E-state index in [1.807, 2.05) is 31.1 Å². The van der Waals surface area contributed by atoms with Crippen LogP contribution >= 0.6 is 0 Å². The van der Waals surface area contributed by atoms with Gasteiger partial charge in [0, 0.05) is 30.9 Å². The van der Waals surface area contributed by atoms with Gasteiger partial charge in [-0.1, -0.05) is 12.1 Å². The van der Waals surface area contributed by atoms with Crippen molar-refractivity contribution in [2.75, 3.05) is 19.0 Å². The van der Waals surface area contributed by atoms with E-state index in [1.54, 1.807) is 43.3 Å². The number of nitrogens with zero attached hydrogens (tertiary/aromatic N) is 2. The molecule has 0 aliphatic rings. The first-order chi connectivity index (χ1) is 10.5. The number of benzene rings is 2. The topological polar surface area (TPSA) is 64.9 Å². The molecule has 0 fully saturated rings. The largest absolute Gasteiger partial charge is 0.507 e. The maximum atomic E-state index is 12.1. The fourth-order valence-electron chi connectivity index (χ4n) is 1.95. The Hall–Kier alpha value is -2.82. The molecule has 0 saturated carbocycles. The van der Waals surface area contributed by atoms with Crippen molar-refractivity contribution < 1.29 is 9.90 Å². The first-order valence-electron chi connectivity index (χ1n) is 6.89. The Kier molecular flexibility index (Phi) is 4.78. The molecule has 0 spiro atoms. The molecule has 0 saturated heterocycles. The molecule has 5 nitrogen and oxygen atoms in total. The van der Waals surface area contributed by atoms with Gasteiger partial charge < -0.3 is 10.0 Å². The Balaban J connectivity index is 2.09. The van der Waals surface area contributed by atoms with Gasteiger partial charge >= 0.3 is 0 Å². The molecule has 1 amide bonds. The number of carbonyl (C=O) groups excluding carboxylic acids is 1. The molecule has 0 aliphatic carbocycles. The van der Waals surface area contributed by atoms with E-state index in [0.29, 0.717) is 16.8 Å². The number of para-hydroxylation sites is 1. The number of rotatable bonds is 4. The number of hydrogen-bond acceptors (Lipinski definition) is 4. The monoisotopic (exact) mass is 297 g/mol. The van der Waals surface area contributed by atoms with Crippen LogP contribution in [0.2, 0.25) is 0 Å². The van der Waals surface area contributed by atoms with E-state index in [-0.39, 0.29) is 11.7 Å². The molecule has 114 valence electrons. The van der Waals surface area contributed by atoms with E-state index in [9.17, 15) is 9.90 Å². The Morgan fingerprint density at radius 2 is 1.73 bits per heavy atom. The molecule has 5 heteroatoms. The highest BCUT2D eigenvalue weighted by atomic mass is 16.3. The smallest absolute Gasteiger partial charge is 0.271 e. The molecular formula is C17H19N3O2. The van der Waals surface area contributed by atoms with Crippen molar-refractivity contribution in [2.45, 2.75) is 6.92 Å². The fourth-order valence-corrected chi connectivity index (χ4v) is 1.95. The Labute approximate surface area is 129 Å². The van der Waals surface area contributed by atoms with Gasteiger partial charge in [-0.25, -0.2) is 5.43 Å². The van der Waals surface area contributed by atoms with Crippen LogP contribution in [0.25, 0.3) is 0 Å². The molecule has 0 heterocycles. The van der Waals surface area contributed by atoms with Gasteiger partial charge in [0.05, 0.1) is 5.71 Å². The van der Waals surface area contributed by atoms with Crippen LogP contribution in [-0.4, -0.2) is 30.8 Å². The summed E-state index contributed by atoms with van der Waals surface area (Å²) in [4.78, 5) is 14.0. The van der Waals surface area contributed by atoms with Gasteiger partial charge in [-0.3, -0.25) is 4.79 Å². The summed E-state index contributed by atoms with van der Waals surface area (Å²) in [5.41, 5.74) is 5.17. The standard InChI is InChI=1S/C17H19N3O2/c1-12(15-6-4-5-7-16(15)21)18-19-17(22)13-8-10-14(11-9-13)20(2)3/h4-11,21H,1-3H3,(H,19,22). The number of carbonyl (C=O) groups is 1. The lowest BCUT2D eigenvalue weighted by Gasteiger charge is -2.12. The molecule has 2 N–H and O–H groups in total. The van der Waals surface area contributed by atoms with Crippen LogP contribution in [0.1, 0.15) is 22.8 Å². The van der Waals surface area contributed by atoms with E-state index < -0.39 is 0 Å². The highest BCUT2D eigenvalue weighted by molar-refractivity contribution is 6.02. The number of hydrogen-bond donors (Lipinski definition) is 2. The van der Waals surface area contributed by atoms with Gasteiger partial charge in [0.1, 0.15) is 5.75 Å². The van der Waals surface area contributed by atoms with Crippen molar-refractivity contribution in [3.05, 3.63) is 59.7 Å². The summed E-state index contributed by atoms with van der Waals surface area (Å²) in [6.07, 6.45) is 0. The van der Waals surface area contributed by atoms with Crippen molar-refractivity contribution in [3.8, 4) is 5.75 Å². The number of phenols is 1. The molecular weight excluding hydrogens is 278 g/mol. The summed E-state index contributed by atoms with van der Waals surface area (Å²) in [5, 5.41) is 13.8. The van der Waals surface area contributed by atoms with E-state index in [2.05, 4.69) is 10.5 Å². The van der Waals surface area contributed by atoms with Crippen molar-refractivity contribution in [2.24, 2.45) is 5.10 Å². The second kappa shape index (κ2) is 6.76. The molecule has 22 heavy (non-hydrogen) atoms. The summed E-state index contributed by atoms with van der Waals surface area (Å²) < 4.78 is 0. The second-order valence-corrected chi connectivity index (χ2v) is 5.10.